The van der Waals surface area contributed by atoms with Gasteiger partial charge in [-0.2, -0.15) is 0 Å². The molecule has 0 aromatic heterocycles. The molecule has 0 saturated carbocycles. The first-order valence-corrected chi connectivity index (χ1v) is 3.93. The van der Waals surface area contributed by atoms with Gasteiger partial charge in [0, 0.05) is 5.56 Å². The van der Waals surface area contributed by atoms with Gasteiger partial charge in [-0.25, -0.2) is 0 Å². The van der Waals surface area contributed by atoms with E-state index in [0.717, 1.165) is 5.57 Å². The van der Waals surface area contributed by atoms with Crippen LogP contribution in [0.1, 0.15) is 12.5 Å². The fourth-order valence-electron chi connectivity index (χ4n) is 0.969. The molecular formula is C10H12O3. The normalized spacial score (nSPS) is 11.7. The summed E-state index contributed by atoms with van der Waals surface area (Å²) in [5.41, 5.74) is 1.23. The summed E-state index contributed by atoms with van der Waals surface area (Å²) in [6, 6.07) is 4.25. The first-order valence-electron chi connectivity index (χ1n) is 3.93. The Bertz CT molecular complexity index is 329. The molecule has 13 heavy (non-hydrogen) atoms. The summed E-state index contributed by atoms with van der Waals surface area (Å²) < 4.78 is 0. The average Bonchev–Trinajstić information content (AvgIpc) is 2.11. The van der Waals surface area contributed by atoms with Gasteiger partial charge in [-0.1, -0.05) is 0 Å². The van der Waals surface area contributed by atoms with Crippen molar-refractivity contribution in [2.75, 3.05) is 6.61 Å². The summed E-state index contributed by atoms with van der Waals surface area (Å²) in [5, 5.41) is 27.2. The molecule has 3 N–H and O–H groups in total. The second-order valence-corrected chi connectivity index (χ2v) is 2.89. The van der Waals surface area contributed by atoms with Crippen LogP contribution in [0.3, 0.4) is 0 Å². The highest BCUT2D eigenvalue weighted by atomic mass is 16.3. The third kappa shape index (κ3) is 2.49. The van der Waals surface area contributed by atoms with E-state index in [4.69, 9.17) is 10.2 Å². The lowest BCUT2D eigenvalue weighted by Crippen LogP contribution is -1.84. The minimum absolute atomic E-state index is 0.0604. The molecule has 0 amide bonds. The molecule has 0 fully saturated rings. The van der Waals surface area contributed by atoms with Gasteiger partial charge in [0.05, 0.1) is 6.61 Å². The van der Waals surface area contributed by atoms with Crippen molar-refractivity contribution in [2.45, 2.75) is 6.92 Å². The Kier molecular flexibility index (Phi) is 2.93. The molecule has 0 unspecified atom stereocenters. The maximum atomic E-state index is 9.34. The molecule has 70 valence electrons. The van der Waals surface area contributed by atoms with Gasteiger partial charge in [0.2, 0.25) is 0 Å². The van der Waals surface area contributed by atoms with E-state index in [2.05, 4.69) is 0 Å². The van der Waals surface area contributed by atoms with Crippen LogP contribution < -0.4 is 0 Å². The number of aliphatic hydroxyl groups is 1. The molecule has 1 rings (SSSR count). The van der Waals surface area contributed by atoms with Crippen molar-refractivity contribution < 1.29 is 15.3 Å². The molecule has 0 aliphatic heterocycles. The van der Waals surface area contributed by atoms with Crippen LogP contribution >= 0.6 is 0 Å². The molecule has 3 nitrogen and oxygen atoms in total. The maximum absolute atomic E-state index is 9.34. The number of phenolic OH excluding ortho intramolecular Hbond substituents is 2. The molecule has 0 spiro atoms. The van der Waals surface area contributed by atoms with Crippen molar-refractivity contribution in [3.05, 3.63) is 29.3 Å². The number of aromatic hydroxyl groups is 2. The van der Waals surface area contributed by atoms with Crippen molar-refractivity contribution in [1.82, 2.24) is 0 Å². The van der Waals surface area contributed by atoms with Crippen molar-refractivity contribution in [3.63, 3.8) is 0 Å². The van der Waals surface area contributed by atoms with Crippen molar-refractivity contribution >= 4 is 6.08 Å². The molecule has 0 radical (unpaired) electrons. The van der Waals surface area contributed by atoms with Gasteiger partial charge in [0.1, 0.15) is 11.5 Å². The largest absolute Gasteiger partial charge is 0.508 e. The number of phenols is 2. The third-order valence-corrected chi connectivity index (χ3v) is 1.66. The quantitative estimate of drug-likeness (QED) is 0.604. The van der Waals surface area contributed by atoms with Gasteiger partial charge in [0.25, 0.3) is 0 Å². The van der Waals surface area contributed by atoms with Gasteiger partial charge in [0.15, 0.2) is 0 Å². The molecule has 1 aromatic rings. The Morgan fingerprint density at radius 3 is 2.69 bits per heavy atom. The summed E-state index contributed by atoms with van der Waals surface area (Å²) in [4.78, 5) is 0. The van der Waals surface area contributed by atoms with E-state index in [-0.39, 0.29) is 18.1 Å². The molecule has 3 heteroatoms. The Labute approximate surface area is 76.6 Å². The lowest BCUT2D eigenvalue weighted by molar-refractivity contribution is 0.332. The molecule has 0 aliphatic carbocycles. The smallest absolute Gasteiger partial charge is 0.123 e. The highest BCUT2D eigenvalue weighted by molar-refractivity contribution is 5.60. The van der Waals surface area contributed by atoms with Crippen LogP contribution in [0, 0.1) is 0 Å². The zero-order chi connectivity index (χ0) is 9.84. The number of hydrogen-bond donors (Lipinski definition) is 3. The number of benzene rings is 1. The highest BCUT2D eigenvalue weighted by Gasteiger charge is 1.99. The Morgan fingerprint density at radius 2 is 2.08 bits per heavy atom. The number of hydrogen-bond acceptors (Lipinski definition) is 3. The van der Waals surface area contributed by atoms with Crippen LogP contribution in [0.5, 0.6) is 11.5 Å². The predicted octanol–water partition coefficient (Wildman–Crippen LogP) is 1.49. The molecule has 0 bridgehead atoms. The second kappa shape index (κ2) is 3.96. The molecule has 0 atom stereocenters. The van der Waals surface area contributed by atoms with E-state index in [1.54, 1.807) is 13.0 Å². The maximum Gasteiger partial charge on any atom is 0.123 e. The van der Waals surface area contributed by atoms with Crippen molar-refractivity contribution in [1.29, 1.82) is 0 Å². The SMILES string of the molecule is C/C(=C\c1cc(O)ccc1O)CO. The standard InChI is InChI=1S/C10H12O3/c1-7(6-11)4-8-5-9(12)2-3-10(8)13/h2-5,11-13H,6H2,1H3/b7-4+. The summed E-state index contributed by atoms with van der Waals surface area (Å²) in [6.45, 7) is 1.68. The van der Waals surface area contributed by atoms with E-state index in [0.29, 0.717) is 5.56 Å². The molecule has 0 aliphatic rings. The first-order chi connectivity index (χ1) is 6.13. The lowest BCUT2D eigenvalue weighted by atomic mass is 10.1. The molecular weight excluding hydrogens is 168 g/mol. The van der Waals surface area contributed by atoms with Crippen LogP contribution in [-0.2, 0) is 0 Å². The predicted molar refractivity (Wildman–Crippen MR) is 50.5 cm³/mol. The summed E-state index contributed by atoms with van der Waals surface area (Å²) >= 11 is 0. The monoisotopic (exact) mass is 180 g/mol. The molecule has 1 aromatic carbocycles. The Morgan fingerprint density at radius 1 is 1.38 bits per heavy atom. The van der Waals surface area contributed by atoms with Crippen LogP contribution in [-0.4, -0.2) is 21.9 Å². The van der Waals surface area contributed by atoms with Gasteiger partial charge in [-0.3, -0.25) is 0 Å². The fourth-order valence-corrected chi connectivity index (χ4v) is 0.969. The fraction of sp³-hybridized carbons (Fsp3) is 0.200. The van der Waals surface area contributed by atoms with Gasteiger partial charge in [-0.05, 0) is 36.8 Å². The van der Waals surface area contributed by atoms with E-state index in [1.807, 2.05) is 0 Å². The molecule has 0 heterocycles. The average molecular weight is 180 g/mol. The van der Waals surface area contributed by atoms with E-state index in [9.17, 15) is 5.11 Å². The van der Waals surface area contributed by atoms with Gasteiger partial charge < -0.3 is 15.3 Å². The zero-order valence-corrected chi connectivity index (χ0v) is 7.36. The van der Waals surface area contributed by atoms with E-state index in [1.165, 1.54) is 18.2 Å². The summed E-state index contributed by atoms with van der Waals surface area (Å²) in [6.07, 6.45) is 1.62. The second-order valence-electron chi connectivity index (χ2n) is 2.89. The minimum atomic E-state index is -0.0604. The van der Waals surface area contributed by atoms with Crippen LogP contribution in [0.2, 0.25) is 0 Å². The Balaban J connectivity index is 3.07. The van der Waals surface area contributed by atoms with Crippen molar-refractivity contribution in [2.24, 2.45) is 0 Å². The van der Waals surface area contributed by atoms with Gasteiger partial charge in [-0.15, -0.1) is 0 Å². The summed E-state index contributed by atoms with van der Waals surface area (Å²) in [5.74, 6) is 0.181. The van der Waals surface area contributed by atoms with Crippen LogP contribution in [0.25, 0.3) is 6.08 Å². The molecule has 0 saturated heterocycles. The summed E-state index contributed by atoms with van der Waals surface area (Å²) in [7, 11) is 0. The topological polar surface area (TPSA) is 60.7 Å². The highest BCUT2D eigenvalue weighted by Crippen LogP contribution is 2.24. The van der Waals surface area contributed by atoms with Gasteiger partial charge >= 0.3 is 0 Å². The Hall–Kier alpha value is -1.48. The van der Waals surface area contributed by atoms with Crippen molar-refractivity contribution in [3.8, 4) is 11.5 Å². The zero-order valence-electron chi connectivity index (χ0n) is 7.36. The van der Waals surface area contributed by atoms with E-state index >= 15 is 0 Å². The van der Waals surface area contributed by atoms with E-state index < -0.39 is 0 Å². The number of rotatable bonds is 2. The lowest BCUT2D eigenvalue weighted by Gasteiger charge is -2.01. The van der Waals surface area contributed by atoms with Crippen LogP contribution in [0.15, 0.2) is 23.8 Å². The minimum Gasteiger partial charge on any atom is -0.508 e. The number of aliphatic hydroxyl groups excluding tert-OH is 1. The van der Waals surface area contributed by atoms with Crippen LogP contribution in [0.4, 0.5) is 0 Å². The third-order valence-electron chi connectivity index (χ3n) is 1.66. The first kappa shape index (κ1) is 9.61.